The van der Waals surface area contributed by atoms with E-state index in [9.17, 15) is 0 Å². The van der Waals surface area contributed by atoms with Gasteiger partial charge in [0.15, 0.2) is 0 Å². The molecule has 0 aliphatic carbocycles. The van der Waals surface area contributed by atoms with Crippen molar-refractivity contribution in [2.75, 3.05) is 13.2 Å². The third kappa shape index (κ3) is 8.48. The van der Waals surface area contributed by atoms with Gasteiger partial charge in [0.25, 0.3) is 0 Å². The van der Waals surface area contributed by atoms with Gasteiger partial charge in [-0.15, -0.1) is 0 Å². The summed E-state index contributed by atoms with van der Waals surface area (Å²) in [5, 5.41) is 0. The summed E-state index contributed by atoms with van der Waals surface area (Å²) in [6, 6.07) is 0.330. The Morgan fingerprint density at radius 3 is 2.43 bits per heavy atom. The average Bonchev–Trinajstić information content (AvgIpc) is 2.22. The molecule has 0 spiro atoms. The Kier molecular flexibility index (Phi) is 10.9. The maximum Gasteiger partial charge on any atom is 0.0632 e. The lowest BCUT2D eigenvalue weighted by molar-refractivity contribution is 0.119. The normalized spacial score (nSPS) is 13.1. The molecule has 3 N–H and O–H groups in total. The van der Waals surface area contributed by atoms with Crippen LogP contribution in [-0.4, -0.2) is 19.3 Å². The van der Waals surface area contributed by atoms with Crippen LogP contribution in [0.2, 0.25) is 0 Å². The van der Waals surface area contributed by atoms with Crippen molar-refractivity contribution in [2.24, 2.45) is 5.84 Å². The fraction of sp³-hybridized carbons (Fsp3) is 1.00. The van der Waals surface area contributed by atoms with Gasteiger partial charge >= 0.3 is 0 Å². The second kappa shape index (κ2) is 11.0. The molecule has 0 fully saturated rings. The van der Waals surface area contributed by atoms with E-state index in [-0.39, 0.29) is 0 Å². The van der Waals surface area contributed by atoms with Gasteiger partial charge in [-0.05, 0) is 13.3 Å². The number of nitrogens with two attached hydrogens (primary N) is 1. The molecule has 1 unspecified atom stereocenters. The first-order valence-electron chi connectivity index (χ1n) is 5.89. The summed E-state index contributed by atoms with van der Waals surface area (Å²) in [5.74, 6) is 5.42. The summed E-state index contributed by atoms with van der Waals surface area (Å²) < 4.78 is 5.32. The predicted molar refractivity (Wildman–Crippen MR) is 61.0 cm³/mol. The molecule has 86 valence electrons. The Hall–Kier alpha value is -0.120. The molecule has 0 bridgehead atoms. The molecule has 0 aromatic heterocycles. The SMILES string of the molecule is CCCCCCCC(COCC)NN. The Balaban J connectivity index is 3.24. The molecule has 0 radical (unpaired) electrons. The molecular weight excluding hydrogens is 176 g/mol. The van der Waals surface area contributed by atoms with Crippen LogP contribution < -0.4 is 11.3 Å². The number of hydrogen-bond donors (Lipinski definition) is 2. The largest absolute Gasteiger partial charge is 0.380 e. The first kappa shape index (κ1) is 13.9. The summed E-state index contributed by atoms with van der Waals surface area (Å²) in [7, 11) is 0. The van der Waals surface area contributed by atoms with E-state index >= 15 is 0 Å². The first-order valence-corrected chi connectivity index (χ1v) is 5.89. The lowest BCUT2D eigenvalue weighted by atomic mass is 10.1. The van der Waals surface area contributed by atoms with E-state index in [1.54, 1.807) is 0 Å². The Bertz CT molecular complexity index is 109. The van der Waals surface area contributed by atoms with Crippen LogP contribution in [0.25, 0.3) is 0 Å². The number of nitrogens with one attached hydrogen (secondary N) is 1. The van der Waals surface area contributed by atoms with Crippen molar-refractivity contribution in [3.05, 3.63) is 0 Å². The molecule has 3 heteroatoms. The van der Waals surface area contributed by atoms with Crippen molar-refractivity contribution in [1.82, 2.24) is 5.43 Å². The Labute approximate surface area is 88.4 Å². The molecule has 0 saturated heterocycles. The Morgan fingerprint density at radius 1 is 1.14 bits per heavy atom. The summed E-state index contributed by atoms with van der Waals surface area (Å²) in [4.78, 5) is 0. The van der Waals surface area contributed by atoms with Crippen molar-refractivity contribution in [2.45, 2.75) is 58.4 Å². The van der Waals surface area contributed by atoms with Gasteiger partial charge in [-0.1, -0.05) is 39.0 Å². The molecule has 0 amide bonds. The van der Waals surface area contributed by atoms with Gasteiger partial charge in [0.2, 0.25) is 0 Å². The van der Waals surface area contributed by atoms with Crippen LogP contribution >= 0.6 is 0 Å². The minimum absolute atomic E-state index is 0.330. The van der Waals surface area contributed by atoms with Crippen LogP contribution in [0.3, 0.4) is 0 Å². The van der Waals surface area contributed by atoms with Crippen molar-refractivity contribution < 1.29 is 4.74 Å². The predicted octanol–water partition coefficient (Wildman–Crippen LogP) is 2.22. The van der Waals surface area contributed by atoms with Crippen LogP contribution in [0.5, 0.6) is 0 Å². The zero-order valence-corrected chi connectivity index (χ0v) is 9.72. The molecule has 0 aliphatic heterocycles. The van der Waals surface area contributed by atoms with Crippen LogP contribution in [0, 0.1) is 0 Å². The van der Waals surface area contributed by atoms with E-state index in [0.29, 0.717) is 6.04 Å². The highest BCUT2D eigenvalue weighted by atomic mass is 16.5. The van der Waals surface area contributed by atoms with Crippen molar-refractivity contribution >= 4 is 0 Å². The second-order valence-corrected chi connectivity index (χ2v) is 3.73. The molecule has 0 rings (SSSR count). The minimum atomic E-state index is 0.330. The smallest absolute Gasteiger partial charge is 0.0632 e. The van der Waals surface area contributed by atoms with Gasteiger partial charge in [0.05, 0.1) is 6.61 Å². The number of hydrogen-bond acceptors (Lipinski definition) is 3. The summed E-state index contributed by atoms with van der Waals surface area (Å²) in [6.07, 6.45) is 7.70. The van der Waals surface area contributed by atoms with E-state index < -0.39 is 0 Å². The molecule has 0 aromatic carbocycles. The van der Waals surface area contributed by atoms with Crippen LogP contribution in [0.1, 0.15) is 52.4 Å². The molecule has 0 saturated carbocycles. The maximum absolute atomic E-state index is 5.42. The molecule has 0 aromatic rings. The highest BCUT2D eigenvalue weighted by Gasteiger charge is 2.05. The molecule has 14 heavy (non-hydrogen) atoms. The van der Waals surface area contributed by atoms with Gasteiger partial charge < -0.3 is 4.74 Å². The minimum Gasteiger partial charge on any atom is -0.380 e. The third-order valence-corrected chi connectivity index (χ3v) is 2.42. The van der Waals surface area contributed by atoms with Crippen molar-refractivity contribution in [3.8, 4) is 0 Å². The van der Waals surface area contributed by atoms with Gasteiger partial charge in [0, 0.05) is 12.6 Å². The molecule has 1 atom stereocenters. The van der Waals surface area contributed by atoms with Crippen LogP contribution in [-0.2, 0) is 4.74 Å². The zero-order chi connectivity index (χ0) is 10.6. The van der Waals surface area contributed by atoms with E-state index in [0.717, 1.165) is 19.6 Å². The molecule has 0 heterocycles. The fourth-order valence-electron chi connectivity index (χ4n) is 1.47. The number of hydrazine groups is 1. The summed E-state index contributed by atoms with van der Waals surface area (Å²) in [5.41, 5.74) is 2.80. The molecule has 3 nitrogen and oxygen atoms in total. The Morgan fingerprint density at radius 2 is 1.86 bits per heavy atom. The van der Waals surface area contributed by atoms with E-state index in [2.05, 4.69) is 12.3 Å². The van der Waals surface area contributed by atoms with Crippen molar-refractivity contribution in [1.29, 1.82) is 0 Å². The molecular formula is C11H26N2O. The monoisotopic (exact) mass is 202 g/mol. The number of unbranched alkanes of at least 4 members (excludes halogenated alkanes) is 4. The molecule has 0 aliphatic rings. The summed E-state index contributed by atoms with van der Waals surface area (Å²) >= 11 is 0. The van der Waals surface area contributed by atoms with Gasteiger partial charge in [-0.2, -0.15) is 0 Å². The standard InChI is InChI=1S/C11H26N2O/c1-3-5-6-7-8-9-11(13-12)10-14-4-2/h11,13H,3-10,12H2,1-2H3. The van der Waals surface area contributed by atoms with E-state index in [1.165, 1.54) is 32.1 Å². The number of ether oxygens (including phenoxy) is 1. The van der Waals surface area contributed by atoms with Gasteiger partial charge in [-0.25, -0.2) is 0 Å². The quantitative estimate of drug-likeness (QED) is 0.324. The van der Waals surface area contributed by atoms with E-state index in [4.69, 9.17) is 10.6 Å². The highest BCUT2D eigenvalue weighted by Crippen LogP contribution is 2.07. The second-order valence-electron chi connectivity index (χ2n) is 3.73. The lowest BCUT2D eigenvalue weighted by Crippen LogP contribution is -2.38. The van der Waals surface area contributed by atoms with Gasteiger partial charge in [0.1, 0.15) is 0 Å². The topological polar surface area (TPSA) is 47.3 Å². The van der Waals surface area contributed by atoms with Crippen LogP contribution in [0.4, 0.5) is 0 Å². The average molecular weight is 202 g/mol. The van der Waals surface area contributed by atoms with Crippen molar-refractivity contribution in [3.63, 3.8) is 0 Å². The summed E-state index contributed by atoms with van der Waals surface area (Å²) in [6.45, 7) is 5.75. The first-order chi connectivity index (χ1) is 6.85. The van der Waals surface area contributed by atoms with E-state index in [1.807, 2.05) is 6.92 Å². The van der Waals surface area contributed by atoms with Crippen LogP contribution in [0.15, 0.2) is 0 Å². The fourth-order valence-corrected chi connectivity index (χ4v) is 1.47. The highest BCUT2D eigenvalue weighted by molar-refractivity contribution is 4.62. The van der Waals surface area contributed by atoms with Gasteiger partial charge in [-0.3, -0.25) is 11.3 Å². The lowest BCUT2D eigenvalue weighted by Gasteiger charge is -2.15. The third-order valence-electron chi connectivity index (χ3n) is 2.42. The zero-order valence-electron chi connectivity index (χ0n) is 9.72. The number of rotatable bonds is 10. The maximum atomic E-state index is 5.42.